The average Bonchev–Trinajstić information content (AvgIpc) is 2.22. The molecule has 2 rings (SSSR count). The number of rotatable bonds is 1. The fraction of sp³-hybridized carbons (Fsp3) is 0.417. The molecule has 1 heterocycles. The molecule has 1 aromatic rings. The highest BCUT2D eigenvalue weighted by Crippen LogP contribution is 2.30. The van der Waals surface area contributed by atoms with Gasteiger partial charge in [-0.05, 0) is 38.5 Å². The fourth-order valence-corrected chi connectivity index (χ4v) is 3.16. The maximum absolute atomic E-state index is 6.10. The SMILES string of the molecule is CC1(C)CCSC(Nc2cc(Cl)ccc2Cl)=N1. The van der Waals surface area contributed by atoms with Crippen LogP contribution in [0.1, 0.15) is 20.3 Å². The first-order chi connectivity index (χ1) is 7.96. The lowest BCUT2D eigenvalue weighted by Gasteiger charge is -2.26. The quantitative estimate of drug-likeness (QED) is 0.812. The van der Waals surface area contributed by atoms with E-state index in [1.165, 1.54) is 0 Å². The Morgan fingerprint density at radius 2 is 2.12 bits per heavy atom. The van der Waals surface area contributed by atoms with Gasteiger partial charge in [0.25, 0.3) is 0 Å². The highest BCUT2D eigenvalue weighted by Gasteiger charge is 2.22. The molecule has 1 aliphatic rings. The molecule has 0 saturated heterocycles. The first-order valence-corrected chi connectivity index (χ1v) is 7.15. The standard InChI is InChI=1S/C12H14Cl2N2S/c1-12(2)5-6-17-11(16-12)15-10-7-8(13)3-4-9(10)14/h3-4,7H,5-6H2,1-2H3,(H,15,16). The number of hydrogen-bond acceptors (Lipinski definition) is 3. The Hall–Kier alpha value is -0.380. The van der Waals surface area contributed by atoms with Crippen molar-refractivity contribution in [3.8, 4) is 0 Å². The van der Waals surface area contributed by atoms with Gasteiger partial charge in [0, 0.05) is 10.8 Å². The minimum atomic E-state index is -0.00135. The second-order valence-corrected chi connectivity index (χ2v) is 6.50. The molecule has 0 aliphatic carbocycles. The zero-order valence-corrected chi connectivity index (χ0v) is 12.1. The van der Waals surface area contributed by atoms with E-state index >= 15 is 0 Å². The predicted molar refractivity (Wildman–Crippen MR) is 78.7 cm³/mol. The third kappa shape index (κ3) is 3.54. The summed E-state index contributed by atoms with van der Waals surface area (Å²) in [5, 5.41) is 5.47. The molecule has 92 valence electrons. The van der Waals surface area contributed by atoms with Gasteiger partial charge in [0.15, 0.2) is 5.17 Å². The molecule has 0 unspecified atom stereocenters. The Bertz CT molecular complexity index is 458. The van der Waals surface area contributed by atoms with Crippen LogP contribution in [0.3, 0.4) is 0 Å². The first-order valence-electron chi connectivity index (χ1n) is 5.41. The van der Waals surface area contributed by atoms with Crippen LogP contribution in [-0.4, -0.2) is 16.5 Å². The lowest BCUT2D eigenvalue weighted by Crippen LogP contribution is -2.27. The van der Waals surface area contributed by atoms with Crippen LogP contribution in [0.15, 0.2) is 23.2 Å². The minimum absolute atomic E-state index is 0.00135. The van der Waals surface area contributed by atoms with Gasteiger partial charge in [0.05, 0.1) is 16.2 Å². The highest BCUT2D eigenvalue weighted by molar-refractivity contribution is 8.14. The largest absolute Gasteiger partial charge is 0.334 e. The maximum atomic E-state index is 6.10. The van der Waals surface area contributed by atoms with Crippen LogP contribution >= 0.6 is 35.0 Å². The summed E-state index contributed by atoms with van der Waals surface area (Å²) in [7, 11) is 0. The monoisotopic (exact) mass is 288 g/mol. The van der Waals surface area contributed by atoms with Gasteiger partial charge in [0.2, 0.25) is 0 Å². The van der Waals surface area contributed by atoms with Crippen LogP contribution in [0, 0.1) is 0 Å². The molecule has 0 amide bonds. The van der Waals surface area contributed by atoms with Crippen LogP contribution in [-0.2, 0) is 0 Å². The minimum Gasteiger partial charge on any atom is -0.334 e. The smallest absolute Gasteiger partial charge is 0.161 e. The van der Waals surface area contributed by atoms with E-state index in [1.807, 2.05) is 6.07 Å². The summed E-state index contributed by atoms with van der Waals surface area (Å²) >= 11 is 13.8. The molecule has 0 bridgehead atoms. The van der Waals surface area contributed by atoms with Crippen LogP contribution in [0.4, 0.5) is 5.69 Å². The van der Waals surface area contributed by atoms with Gasteiger partial charge < -0.3 is 5.32 Å². The van der Waals surface area contributed by atoms with E-state index < -0.39 is 0 Å². The van der Waals surface area contributed by atoms with E-state index in [-0.39, 0.29) is 5.54 Å². The average molecular weight is 289 g/mol. The van der Waals surface area contributed by atoms with Crippen molar-refractivity contribution >= 4 is 45.8 Å². The second kappa shape index (κ2) is 5.09. The van der Waals surface area contributed by atoms with Crippen molar-refractivity contribution in [3.63, 3.8) is 0 Å². The van der Waals surface area contributed by atoms with Crippen molar-refractivity contribution < 1.29 is 0 Å². The van der Waals surface area contributed by atoms with E-state index in [1.54, 1.807) is 23.9 Å². The van der Waals surface area contributed by atoms with Crippen LogP contribution in [0.5, 0.6) is 0 Å². The molecule has 1 N–H and O–H groups in total. The van der Waals surface area contributed by atoms with Gasteiger partial charge in [-0.2, -0.15) is 0 Å². The van der Waals surface area contributed by atoms with Crippen LogP contribution in [0.25, 0.3) is 0 Å². The molecule has 1 aliphatic heterocycles. The second-order valence-electron chi connectivity index (χ2n) is 4.58. The fourth-order valence-electron chi connectivity index (χ4n) is 1.53. The molecule has 0 fully saturated rings. The third-order valence-electron chi connectivity index (χ3n) is 2.53. The van der Waals surface area contributed by atoms with Gasteiger partial charge in [-0.1, -0.05) is 35.0 Å². The van der Waals surface area contributed by atoms with Gasteiger partial charge in [-0.15, -0.1) is 0 Å². The number of thioether (sulfide) groups is 1. The summed E-state index contributed by atoms with van der Waals surface area (Å²) in [4.78, 5) is 4.65. The molecule has 5 heteroatoms. The summed E-state index contributed by atoms with van der Waals surface area (Å²) in [5.74, 6) is 1.07. The number of benzene rings is 1. The summed E-state index contributed by atoms with van der Waals surface area (Å²) in [6.07, 6.45) is 1.09. The van der Waals surface area contributed by atoms with E-state index in [0.29, 0.717) is 10.0 Å². The Labute approximate surface area is 116 Å². The van der Waals surface area contributed by atoms with Crippen LogP contribution in [0.2, 0.25) is 10.0 Å². The van der Waals surface area contributed by atoms with Crippen molar-refractivity contribution in [2.45, 2.75) is 25.8 Å². The van der Waals surface area contributed by atoms with Crippen molar-refractivity contribution in [2.24, 2.45) is 4.99 Å². The topological polar surface area (TPSA) is 24.4 Å². The number of nitrogens with zero attached hydrogens (tertiary/aromatic N) is 1. The predicted octanol–water partition coefficient (Wildman–Crippen LogP) is 4.68. The maximum Gasteiger partial charge on any atom is 0.161 e. The summed E-state index contributed by atoms with van der Waals surface area (Å²) < 4.78 is 0. The summed E-state index contributed by atoms with van der Waals surface area (Å²) in [5.41, 5.74) is 0.807. The molecule has 1 aromatic carbocycles. The molecule has 0 spiro atoms. The molecular formula is C12H14Cl2N2S. The Morgan fingerprint density at radius 3 is 2.82 bits per heavy atom. The normalized spacial score (nSPS) is 18.7. The molecule has 0 atom stereocenters. The van der Waals surface area contributed by atoms with Crippen LogP contribution < -0.4 is 5.32 Å². The zero-order valence-electron chi connectivity index (χ0n) is 9.76. The molecule has 0 aromatic heterocycles. The van der Waals surface area contributed by atoms with Crippen molar-refractivity contribution in [1.82, 2.24) is 0 Å². The van der Waals surface area contributed by atoms with Gasteiger partial charge in [0.1, 0.15) is 0 Å². The lowest BCUT2D eigenvalue weighted by atomic mass is 10.0. The number of anilines is 1. The zero-order chi connectivity index (χ0) is 12.5. The molecule has 0 saturated carbocycles. The Kier molecular flexibility index (Phi) is 3.91. The van der Waals surface area contributed by atoms with Crippen molar-refractivity contribution in [2.75, 3.05) is 11.1 Å². The third-order valence-corrected chi connectivity index (χ3v) is 3.97. The van der Waals surface area contributed by atoms with E-state index in [2.05, 4.69) is 24.2 Å². The Balaban J connectivity index is 2.21. The number of hydrogen-bond donors (Lipinski definition) is 1. The lowest BCUT2D eigenvalue weighted by molar-refractivity contribution is 0.507. The van der Waals surface area contributed by atoms with Gasteiger partial charge in [-0.3, -0.25) is 4.99 Å². The highest BCUT2D eigenvalue weighted by atomic mass is 35.5. The van der Waals surface area contributed by atoms with Crippen molar-refractivity contribution in [1.29, 1.82) is 0 Å². The van der Waals surface area contributed by atoms with E-state index in [9.17, 15) is 0 Å². The first kappa shape index (κ1) is 13.1. The number of halogens is 2. The number of nitrogens with one attached hydrogen (secondary N) is 1. The molecule has 0 radical (unpaired) electrons. The van der Waals surface area contributed by atoms with E-state index in [4.69, 9.17) is 23.2 Å². The molecular weight excluding hydrogens is 275 g/mol. The number of amidine groups is 1. The van der Waals surface area contributed by atoms with Crippen molar-refractivity contribution in [3.05, 3.63) is 28.2 Å². The Morgan fingerprint density at radius 1 is 1.35 bits per heavy atom. The molecule has 17 heavy (non-hydrogen) atoms. The number of aliphatic imine (C=N–C) groups is 1. The summed E-state index contributed by atoms with van der Waals surface area (Å²) in [6, 6.07) is 5.37. The van der Waals surface area contributed by atoms with Gasteiger partial charge >= 0.3 is 0 Å². The summed E-state index contributed by atoms with van der Waals surface area (Å²) in [6.45, 7) is 4.27. The van der Waals surface area contributed by atoms with Gasteiger partial charge in [-0.25, -0.2) is 0 Å². The van der Waals surface area contributed by atoms with E-state index in [0.717, 1.165) is 23.0 Å². The molecule has 2 nitrogen and oxygen atoms in total.